The Labute approximate surface area is 108 Å². The van der Waals surface area contributed by atoms with Crippen LogP contribution in [0.15, 0.2) is 6.07 Å². The molecule has 1 saturated heterocycles. The lowest BCUT2D eigenvalue weighted by Gasteiger charge is -2.19. The summed E-state index contributed by atoms with van der Waals surface area (Å²) >= 11 is 2.08. The van der Waals surface area contributed by atoms with Crippen molar-refractivity contribution in [3.63, 3.8) is 0 Å². The lowest BCUT2D eigenvalue weighted by molar-refractivity contribution is 0.425. The van der Waals surface area contributed by atoms with Gasteiger partial charge in [-0.15, -0.1) is 0 Å². The van der Waals surface area contributed by atoms with Crippen LogP contribution in [-0.4, -0.2) is 33.9 Å². The van der Waals surface area contributed by atoms with E-state index in [1.807, 2.05) is 0 Å². The fourth-order valence-electron chi connectivity index (χ4n) is 2.49. The van der Waals surface area contributed by atoms with Crippen molar-refractivity contribution in [3.05, 3.63) is 17.5 Å². The molecule has 2 heterocycles. The predicted molar refractivity (Wildman–Crippen MR) is 74.6 cm³/mol. The van der Waals surface area contributed by atoms with E-state index in [0.717, 1.165) is 25.3 Å². The van der Waals surface area contributed by atoms with Gasteiger partial charge in [-0.25, -0.2) is 0 Å². The monoisotopic (exact) mass is 253 g/mol. The van der Waals surface area contributed by atoms with E-state index in [4.69, 9.17) is 0 Å². The van der Waals surface area contributed by atoms with Gasteiger partial charge in [0.15, 0.2) is 0 Å². The first-order valence-electron chi connectivity index (χ1n) is 6.57. The van der Waals surface area contributed by atoms with Gasteiger partial charge in [-0.3, -0.25) is 4.68 Å². The van der Waals surface area contributed by atoms with Crippen LogP contribution in [0.5, 0.6) is 0 Å². The molecule has 2 atom stereocenters. The molecule has 2 rings (SSSR count). The van der Waals surface area contributed by atoms with Gasteiger partial charge in [0.2, 0.25) is 0 Å². The normalized spacial score (nSPS) is 24.4. The average molecular weight is 253 g/mol. The first-order valence-corrected chi connectivity index (χ1v) is 7.73. The highest BCUT2D eigenvalue weighted by atomic mass is 32.2. The molecule has 17 heavy (non-hydrogen) atoms. The van der Waals surface area contributed by atoms with Crippen molar-refractivity contribution >= 4 is 11.8 Å². The molecular weight excluding hydrogens is 230 g/mol. The van der Waals surface area contributed by atoms with E-state index < -0.39 is 0 Å². The number of nitrogens with zero attached hydrogens (tertiary/aromatic N) is 2. The highest BCUT2D eigenvalue weighted by Crippen LogP contribution is 2.27. The van der Waals surface area contributed by atoms with E-state index >= 15 is 0 Å². The molecule has 2 unspecified atom stereocenters. The summed E-state index contributed by atoms with van der Waals surface area (Å²) in [5.74, 6) is 3.31. The maximum absolute atomic E-state index is 4.53. The maximum atomic E-state index is 4.53. The molecule has 3 nitrogen and oxygen atoms in total. The van der Waals surface area contributed by atoms with Crippen molar-refractivity contribution in [2.24, 2.45) is 13.0 Å². The zero-order chi connectivity index (χ0) is 12.3. The molecule has 1 N–H and O–H groups in total. The summed E-state index contributed by atoms with van der Waals surface area (Å²) in [7, 11) is 2.07. The number of thioether (sulfide) groups is 1. The SMILES string of the molecule is CCNC1CSCC1Cc1cc(CC)nn1C. The van der Waals surface area contributed by atoms with Crippen LogP contribution >= 0.6 is 11.8 Å². The molecule has 96 valence electrons. The predicted octanol–water partition coefficient (Wildman–Crippen LogP) is 1.87. The topological polar surface area (TPSA) is 29.9 Å². The van der Waals surface area contributed by atoms with Crippen LogP contribution in [0.4, 0.5) is 0 Å². The van der Waals surface area contributed by atoms with Crippen LogP contribution in [0.25, 0.3) is 0 Å². The number of hydrogen-bond donors (Lipinski definition) is 1. The summed E-state index contributed by atoms with van der Waals surface area (Å²) in [6.07, 6.45) is 2.19. The molecule has 0 spiro atoms. The van der Waals surface area contributed by atoms with Crippen LogP contribution in [-0.2, 0) is 19.9 Å². The molecule has 0 aromatic carbocycles. The van der Waals surface area contributed by atoms with Gasteiger partial charge < -0.3 is 5.32 Å². The Morgan fingerprint density at radius 3 is 2.94 bits per heavy atom. The highest BCUT2D eigenvalue weighted by Gasteiger charge is 2.27. The Morgan fingerprint density at radius 2 is 2.29 bits per heavy atom. The molecule has 0 amide bonds. The molecule has 1 aliphatic heterocycles. The largest absolute Gasteiger partial charge is 0.313 e. The van der Waals surface area contributed by atoms with Crippen molar-refractivity contribution < 1.29 is 0 Å². The third-order valence-corrected chi connectivity index (χ3v) is 4.78. The van der Waals surface area contributed by atoms with Crippen molar-refractivity contribution in [1.29, 1.82) is 0 Å². The molecule has 0 bridgehead atoms. The number of rotatable bonds is 5. The van der Waals surface area contributed by atoms with E-state index in [9.17, 15) is 0 Å². The number of aromatic nitrogens is 2. The van der Waals surface area contributed by atoms with E-state index in [2.05, 4.69) is 53.8 Å². The summed E-state index contributed by atoms with van der Waals surface area (Å²) in [5.41, 5.74) is 2.60. The minimum absolute atomic E-state index is 0.685. The Hall–Kier alpha value is -0.480. The van der Waals surface area contributed by atoms with Gasteiger partial charge >= 0.3 is 0 Å². The second kappa shape index (κ2) is 5.91. The molecule has 1 aliphatic rings. The molecule has 1 aromatic heterocycles. The fraction of sp³-hybridized carbons (Fsp3) is 0.769. The van der Waals surface area contributed by atoms with Crippen molar-refractivity contribution in [1.82, 2.24) is 15.1 Å². The summed E-state index contributed by atoms with van der Waals surface area (Å²) in [4.78, 5) is 0. The zero-order valence-corrected chi connectivity index (χ0v) is 11.9. The Balaban J connectivity index is 2.01. The summed E-state index contributed by atoms with van der Waals surface area (Å²) in [6.45, 7) is 5.44. The first kappa shape index (κ1) is 13.0. The summed E-state index contributed by atoms with van der Waals surface area (Å²) in [6, 6.07) is 2.95. The molecular formula is C13H23N3S. The standard InChI is InChI=1S/C13H23N3S/c1-4-11-7-12(16(3)15-11)6-10-8-17-9-13(10)14-5-2/h7,10,13-14H,4-6,8-9H2,1-3H3. The van der Waals surface area contributed by atoms with Crippen LogP contribution in [0.2, 0.25) is 0 Å². The van der Waals surface area contributed by atoms with Crippen molar-refractivity contribution in [3.8, 4) is 0 Å². The van der Waals surface area contributed by atoms with Gasteiger partial charge in [0, 0.05) is 24.5 Å². The van der Waals surface area contributed by atoms with Crippen LogP contribution in [0.1, 0.15) is 25.2 Å². The molecule has 0 saturated carbocycles. The minimum atomic E-state index is 0.685. The van der Waals surface area contributed by atoms with Crippen molar-refractivity contribution in [2.45, 2.75) is 32.7 Å². The first-order chi connectivity index (χ1) is 8.24. The van der Waals surface area contributed by atoms with Gasteiger partial charge in [0.05, 0.1) is 5.69 Å². The highest BCUT2D eigenvalue weighted by molar-refractivity contribution is 7.99. The Kier molecular flexibility index (Phi) is 4.51. The second-order valence-electron chi connectivity index (χ2n) is 4.77. The average Bonchev–Trinajstić information content (AvgIpc) is 2.88. The number of aryl methyl sites for hydroxylation is 2. The van der Waals surface area contributed by atoms with Gasteiger partial charge in [-0.05, 0) is 37.1 Å². The second-order valence-corrected chi connectivity index (χ2v) is 5.84. The zero-order valence-electron chi connectivity index (χ0n) is 11.1. The Morgan fingerprint density at radius 1 is 1.47 bits per heavy atom. The molecule has 0 radical (unpaired) electrons. The Bertz CT molecular complexity index is 362. The van der Waals surface area contributed by atoms with Gasteiger partial charge in [-0.2, -0.15) is 16.9 Å². The molecule has 1 aromatic rings. The van der Waals surface area contributed by atoms with Crippen molar-refractivity contribution in [2.75, 3.05) is 18.1 Å². The lowest BCUT2D eigenvalue weighted by atomic mass is 9.97. The third kappa shape index (κ3) is 3.05. The summed E-state index contributed by atoms with van der Waals surface area (Å²) in [5, 5.41) is 8.14. The number of hydrogen-bond acceptors (Lipinski definition) is 3. The van der Waals surface area contributed by atoms with Gasteiger partial charge in [0.1, 0.15) is 0 Å². The molecule has 1 fully saturated rings. The van der Waals surface area contributed by atoms with Gasteiger partial charge in [-0.1, -0.05) is 13.8 Å². The van der Waals surface area contributed by atoms with Gasteiger partial charge in [0.25, 0.3) is 0 Å². The quantitative estimate of drug-likeness (QED) is 0.869. The summed E-state index contributed by atoms with van der Waals surface area (Å²) < 4.78 is 2.06. The number of nitrogens with one attached hydrogen (secondary N) is 1. The minimum Gasteiger partial charge on any atom is -0.313 e. The molecule has 0 aliphatic carbocycles. The van der Waals surface area contributed by atoms with Crippen LogP contribution in [0.3, 0.4) is 0 Å². The maximum Gasteiger partial charge on any atom is 0.0624 e. The lowest BCUT2D eigenvalue weighted by Crippen LogP contribution is -2.36. The van der Waals surface area contributed by atoms with E-state index in [1.54, 1.807) is 0 Å². The van der Waals surface area contributed by atoms with E-state index in [1.165, 1.54) is 22.9 Å². The van der Waals surface area contributed by atoms with Crippen LogP contribution in [0, 0.1) is 5.92 Å². The smallest absolute Gasteiger partial charge is 0.0624 e. The van der Waals surface area contributed by atoms with Crippen LogP contribution < -0.4 is 5.32 Å². The van der Waals surface area contributed by atoms with E-state index in [-0.39, 0.29) is 0 Å². The fourth-order valence-corrected chi connectivity index (χ4v) is 3.92. The third-order valence-electron chi connectivity index (χ3n) is 3.53. The molecule has 4 heteroatoms. The van der Waals surface area contributed by atoms with E-state index in [0.29, 0.717) is 6.04 Å².